The molecular formula is C10H12BrN5O2S. The molecule has 7 nitrogen and oxygen atoms in total. The summed E-state index contributed by atoms with van der Waals surface area (Å²) in [4.78, 5) is 4.06. The number of pyridine rings is 1. The molecule has 0 saturated carbocycles. The maximum absolute atomic E-state index is 12.3. The van der Waals surface area contributed by atoms with Crippen molar-refractivity contribution < 1.29 is 8.42 Å². The molecule has 2 heterocycles. The summed E-state index contributed by atoms with van der Waals surface area (Å²) in [5, 5.41) is 6.50. The van der Waals surface area contributed by atoms with Crippen molar-refractivity contribution in [1.29, 1.82) is 0 Å². The number of hydrogen-bond donors (Lipinski definition) is 3. The predicted molar refractivity (Wildman–Crippen MR) is 75.2 cm³/mol. The summed E-state index contributed by atoms with van der Waals surface area (Å²) >= 11 is 3.21. The van der Waals surface area contributed by atoms with Crippen LogP contribution in [0.1, 0.15) is 11.4 Å². The second kappa shape index (κ2) is 4.82. The Kier molecular flexibility index (Phi) is 3.50. The minimum absolute atomic E-state index is 0.123. The van der Waals surface area contributed by atoms with Crippen LogP contribution in [-0.2, 0) is 10.0 Å². The second-order valence-corrected chi connectivity index (χ2v) is 6.44. The summed E-state index contributed by atoms with van der Waals surface area (Å²) in [6, 6.07) is 1.57. The number of nitrogen functional groups attached to an aromatic ring is 1. The molecule has 4 N–H and O–H groups in total. The van der Waals surface area contributed by atoms with E-state index in [4.69, 9.17) is 5.73 Å². The first-order valence-electron chi connectivity index (χ1n) is 5.26. The van der Waals surface area contributed by atoms with E-state index < -0.39 is 10.0 Å². The lowest BCUT2D eigenvalue weighted by Gasteiger charge is -2.09. The van der Waals surface area contributed by atoms with Gasteiger partial charge in [0.1, 0.15) is 4.90 Å². The Hall–Kier alpha value is -1.61. The third kappa shape index (κ3) is 2.71. The fourth-order valence-corrected chi connectivity index (χ4v) is 3.64. The van der Waals surface area contributed by atoms with E-state index in [9.17, 15) is 8.42 Å². The third-order valence-electron chi connectivity index (χ3n) is 2.42. The summed E-state index contributed by atoms with van der Waals surface area (Å²) in [7, 11) is -3.74. The van der Waals surface area contributed by atoms with Gasteiger partial charge in [0.15, 0.2) is 5.82 Å². The van der Waals surface area contributed by atoms with Crippen molar-refractivity contribution in [3.05, 3.63) is 28.1 Å². The Balaban J connectivity index is 2.42. The standard InChI is InChI=1S/C10H12BrN5O2S/c1-5-9(6(2)15-14-5)19(17,18)16-10-8(11)3-7(12)4-13-10/h3-4H,12H2,1-2H3,(H,13,16)(H,14,15). The maximum Gasteiger partial charge on any atom is 0.266 e. The van der Waals surface area contributed by atoms with Crippen molar-refractivity contribution >= 4 is 37.5 Å². The van der Waals surface area contributed by atoms with Gasteiger partial charge in [-0.1, -0.05) is 0 Å². The molecule has 9 heteroatoms. The maximum atomic E-state index is 12.3. The quantitative estimate of drug-likeness (QED) is 0.781. The molecular weight excluding hydrogens is 334 g/mol. The summed E-state index contributed by atoms with van der Waals surface area (Å²) in [6.07, 6.45) is 1.37. The molecule has 19 heavy (non-hydrogen) atoms. The van der Waals surface area contributed by atoms with Crippen LogP contribution in [0.5, 0.6) is 0 Å². The van der Waals surface area contributed by atoms with E-state index in [-0.39, 0.29) is 10.7 Å². The number of nitrogens with two attached hydrogens (primary N) is 1. The van der Waals surface area contributed by atoms with Crippen molar-refractivity contribution in [2.24, 2.45) is 0 Å². The van der Waals surface area contributed by atoms with Gasteiger partial charge in [0.25, 0.3) is 10.0 Å². The van der Waals surface area contributed by atoms with Gasteiger partial charge in [0.05, 0.1) is 27.7 Å². The number of sulfonamides is 1. The van der Waals surface area contributed by atoms with Gasteiger partial charge < -0.3 is 5.73 Å². The molecule has 2 aromatic heterocycles. The number of nitrogens with zero attached hydrogens (tertiary/aromatic N) is 2. The zero-order chi connectivity index (χ0) is 14.2. The van der Waals surface area contributed by atoms with E-state index in [1.54, 1.807) is 19.9 Å². The molecule has 0 spiro atoms. The Labute approximate surface area is 118 Å². The molecule has 2 aromatic rings. The minimum atomic E-state index is -3.74. The lowest BCUT2D eigenvalue weighted by Crippen LogP contribution is -2.16. The SMILES string of the molecule is Cc1n[nH]c(C)c1S(=O)(=O)Nc1ncc(N)cc1Br. The average molecular weight is 346 g/mol. The summed E-state index contributed by atoms with van der Waals surface area (Å²) < 4.78 is 27.4. The van der Waals surface area contributed by atoms with Crippen LogP contribution in [0.2, 0.25) is 0 Å². The number of aromatic amines is 1. The summed E-state index contributed by atoms with van der Waals surface area (Å²) in [5.41, 5.74) is 6.85. The number of anilines is 2. The first-order chi connectivity index (χ1) is 8.81. The fraction of sp³-hybridized carbons (Fsp3) is 0.200. The summed E-state index contributed by atoms with van der Waals surface area (Å²) in [5.74, 6) is 0.175. The molecule has 0 unspecified atom stereocenters. The van der Waals surface area contributed by atoms with Crippen LogP contribution in [0, 0.1) is 13.8 Å². The Bertz CT molecular complexity index is 706. The van der Waals surface area contributed by atoms with Gasteiger partial charge in [-0.2, -0.15) is 5.10 Å². The second-order valence-electron chi connectivity index (χ2n) is 3.97. The van der Waals surface area contributed by atoms with Crippen LogP contribution >= 0.6 is 15.9 Å². The number of H-pyrrole nitrogens is 1. The van der Waals surface area contributed by atoms with Crippen LogP contribution in [0.4, 0.5) is 11.5 Å². The van der Waals surface area contributed by atoms with E-state index >= 15 is 0 Å². The van der Waals surface area contributed by atoms with Crippen LogP contribution in [-0.4, -0.2) is 23.6 Å². The highest BCUT2D eigenvalue weighted by molar-refractivity contribution is 9.10. The van der Waals surface area contributed by atoms with Gasteiger partial charge in [0, 0.05) is 0 Å². The smallest absolute Gasteiger partial charge is 0.266 e. The Morgan fingerprint density at radius 2 is 2.11 bits per heavy atom. The molecule has 0 fully saturated rings. The predicted octanol–water partition coefficient (Wildman–Crippen LogP) is 1.57. The van der Waals surface area contributed by atoms with E-state index in [0.29, 0.717) is 21.5 Å². The van der Waals surface area contributed by atoms with Gasteiger partial charge in [-0.3, -0.25) is 9.82 Å². The van der Waals surface area contributed by atoms with E-state index in [1.807, 2.05) is 0 Å². The van der Waals surface area contributed by atoms with Gasteiger partial charge >= 0.3 is 0 Å². The topological polar surface area (TPSA) is 114 Å². The van der Waals surface area contributed by atoms with Crippen LogP contribution < -0.4 is 10.5 Å². The summed E-state index contributed by atoms with van der Waals surface area (Å²) in [6.45, 7) is 3.25. The highest BCUT2D eigenvalue weighted by Crippen LogP contribution is 2.26. The van der Waals surface area contributed by atoms with Crippen LogP contribution in [0.25, 0.3) is 0 Å². The molecule has 0 aliphatic carbocycles. The van der Waals surface area contributed by atoms with Crippen molar-refractivity contribution in [1.82, 2.24) is 15.2 Å². The molecule has 0 bridgehead atoms. The van der Waals surface area contributed by atoms with Crippen molar-refractivity contribution in [2.75, 3.05) is 10.5 Å². The van der Waals surface area contributed by atoms with Gasteiger partial charge in [-0.25, -0.2) is 13.4 Å². The van der Waals surface area contributed by atoms with Crippen LogP contribution in [0.3, 0.4) is 0 Å². The van der Waals surface area contributed by atoms with E-state index in [1.165, 1.54) is 6.20 Å². The number of rotatable bonds is 3. The zero-order valence-electron chi connectivity index (χ0n) is 10.2. The van der Waals surface area contributed by atoms with Crippen molar-refractivity contribution in [2.45, 2.75) is 18.7 Å². The normalized spacial score (nSPS) is 11.5. The van der Waals surface area contributed by atoms with Crippen LogP contribution in [0.15, 0.2) is 21.6 Å². The molecule has 0 atom stereocenters. The molecule has 0 aliphatic rings. The number of nitrogens with one attached hydrogen (secondary N) is 2. The number of aromatic nitrogens is 3. The first kappa shape index (κ1) is 13.8. The molecule has 0 radical (unpaired) electrons. The van der Waals surface area contributed by atoms with Gasteiger partial charge in [0.2, 0.25) is 0 Å². The van der Waals surface area contributed by atoms with E-state index in [0.717, 1.165) is 0 Å². The molecule has 102 valence electrons. The fourth-order valence-electron chi connectivity index (χ4n) is 1.64. The largest absolute Gasteiger partial charge is 0.397 e. The van der Waals surface area contributed by atoms with Crippen molar-refractivity contribution in [3.8, 4) is 0 Å². The monoisotopic (exact) mass is 345 g/mol. The molecule has 0 saturated heterocycles. The number of hydrogen-bond acceptors (Lipinski definition) is 5. The highest BCUT2D eigenvalue weighted by atomic mass is 79.9. The highest BCUT2D eigenvalue weighted by Gasteiger charge is 2.23. The number of halogens is 1. The average Bonchev–Trinajstić information content (AvgIpc) is 2.63. The van der Waals surface area contributed by atoms with Gasteiger partial charge in [-0.05, 0) is 35.8 Å². The van der Waals surface area contributed by atoms with Crippen molar-refractivity contribution in [3.63, 3.8) is 0 Å². The number of aryl methyl sites for hydroxylation is 2. The molecule has 0 aromatic carbocycles. The Morgan fingerprint density at radius 3 is 2.63 bits per heavy atom. The lowest BCUT2D eigenvalue weighted by atomic mass is 10.4. The third-order valence-corrected chi connectivity index (χ3v) is 4.63. The molecule has 0 amide bonds. The minimum Gasteiger partial charge on any atom is -0.397 e. The molecule has 2 rings (SSSR count). The zero-order valence-corrected chi connectivity index (χ0v) is 12.6. The Morgan fingerprint density at radius 1 is 1.42 bits per heavy atom. The van der Waals surface area contributed by atoms with Gasteiger partial charge in [-0.15, -0.1) is 0 Å². The molecule has 0 aliphatic heterocycles. The lowest BCUT2D eigenvalue weighted by molar-refractivity contribution is 0.600. The first-order valence-corrected chi connectivity index (χ1v) is 7.54. The van der Waals surface area contributed by atoms with E-state index in [2.05, 4.69) is 35.8 Å².